The van der Waals surface area contributed by atoms with Gasteiger partial charge in [0.2, 0.25) is 11.1 Å². The molecule has 0 aliphatic carbocycles. The number of rotatable bonds is 6. The van der Waals surface area contributed by atoms with Crippen LogP contribution < -0.4 is 4.90 Å². The van der Waals surface area contributed by atoms with Gasteiger partial charge in [-0.2, -0.15) is 0 Å². The lowest BCUT2D eigenvalue weighted by molar-refractivity contribution is -0.116. The van der Waals surface area contributed by atoms with Gasteiger partial charge in [0.25, 0.3) is 0 Å². The van der Waals surface area contributed by atoms with Crippen molar-refractivity contribution in [3.05, 3.63) is 54.6 Å². The highest BCUT2D eigenvalue weighted by atomic mass is 32.2. The summed E-state index contributed by atoms with van der Waals surface area (Å²) in [4.78, 5) is 19.4. The van der Waals surface area contributed by atoms with E-state index in [9.17, 15) is 4.79 Å². The monoisotopic (exact) mass is 405 g/mol. The average Bonchev–Trinajstić information content (AvgIpc) is 3.06. The van der Waals surface area contributed by atoms with E-state index in [0.717, 1.165) is 34.3 Å². The van der Waals surface area contributed by atoms with Crippen LogP contribution in [0.2, 0.25) is 0 Å². The summed E-state index contributed by atoms with van der Waals surface area (Å²) in [5, 5.41) is 10.2. The molecule has 0 saturated carbocycles. The van der Waals surface area contributed by atoms with Gasteiger partial charge in [-0.25, -0.2) is 4.98 Å². The Morgan fingerprint density at radius 1 is 1.07 bits per heavy atom. The van der Waals surface area contributed by atoms with Gasteiger partial charge in [-0.3, -0.25) is 4.79 Å². The molecule has 0 bridgehead atoms. The van der Waals surface area contributed by atoms with Gasteiger partial charge in [0.05, 0.1) is 11.3 Å². The van der Waals surface area contributed by atoms with Gasteiger partial charge < -0.3 is 9.47 Å². The highest BCUT2D eigenvalue weighted by molar-refractivity contribution is 7.99. The molecule has 0 N–H and O–H groups in total. The van der Waals surface area contributed by atoms with Crippen LogP contribution in [0.25, 0.3) is 22.1 Å². The molecule has 0 unspecified atom stereocenters. The third kappa shape index (κ3) is 3.70. The number of nitrogens with zero attached hydrogens (tertiary/aromatic N) is 5. The number of thioether (sulfide) groups is 1. The fourth-order valence-electron chi connectivity index (χ4n) is 3.59. The van der Waals surface area contributed by atoms with Crippen molar-refractivity contribution in [2.75, 3.05) is 10.7 Å². The molecule has 148 valence electrons. The standard InChI is InChI=1S/C22H23N5OS/c1-4-26-18-13-9-8-12-17(18)20-21(26)23-22(25-24-20)29-14-19(28)27(15(2)3)16-10-6-5-7-11-16/h5-13,15H,4,14H2,1-3H3. The highest BCUT2D eigenvalue weighted by Gasteiger charge is 2.20. The number of amides is 1. The van der Waals surface area contributed by atoms with Crippen LogP contribution in [0.1, 0.15) is 20.8 Å². The second kappa shape index (κ2) is 8.21. The summed E-state index contributed by atoms with van der Waals surface area (Å²) in [5.74, 6) is 0.281. The predicted octanol–water partition coefficient (Wildman–Crippen LogP) is 4.53. The van der Waals surface area contributed by atoms with E-state index in [1.54, 1.807) is 0 Å². The van der Waals surface area contributed by atoms with Crippen LogP contribution >= 0.6 is 11.8 Å². The number of carbonyl (C=O) groups excluding carboxylic acids is 1. The summed E-state index contributed by atoms with van der Waals surface area (Å²) in [5.41, 5.74) is 3.60. The summed E-state index contributed by atoms with van der Waals surface area (Å²) in [6.07, 6.45) is 0. The third-order valence-corrected chi connectivity index (χ3v) is 5.64. The van der Waals surface area contributed by atoms with Gasteiger partial charge in [-0.15, -0.1) is 10.2 Å². The molecule has 0 radical (unpaired) electrons. The van der Waals surface area contributed by atoms with Gasteiger partial charge in [0.1, 0.15) is 5.52 Å². The van der Waals surface area contributed by atoms with Gasteiger partial charge in [0, 0.05) is 23.7 Å². The van der Waals surface area contributed by atoms with Crippen molar-refractivity contribution in [3.63, 3.8) is 0 Å². The van der Waals surface area contributed by atoms with Crippen LogP contribution in [0.4, 0.5) is 5.69 Å². The highest BCUT2D eigenvalue weighted by Crippen LogP contribution is 2.27. The number of fused-ring (bicyclic) bond motifs is 3. The van der Waals surface area contributed by atoms with E-state index < -0.39 is 0 Å². The topological polar surface area (TPSA) is 63.9 Å². The van der Waals surface area contributed by atoms with Crippen LogP contribution in [0, 0.1) is 0 Å². The summed E-state index contributed by atoms with van der Waals surface area (Å²) in [6.45, 7) is 6.91. The van der Waals surface area contributed by atoms with E-state index in [4.69, 9.17) is 4.98 Å². The van der Waals surface area contributed by atoms with Crippen molar-refractivity contribution in [2.45, 2.75) is 38.5 Å². The lowest BCUT2D eigenvalue weighted by atomic mass is 10.2. The number of para-hydroxylation sites is 2. The normalized spacial score (nSPS) is 11.4. The van der Waals surface area contributed by atoms with Crippen molar-refractivity contribution >= 4 is 45.4 Å². The molecule has 6 nitrogen and oxygen atoms in total. The first kappa shape index (κ1) is 19.4. The Morgan fingerprint density at radius 2 is 1.79 bits per heavy atom. The number of benzene rings is 2. The summed E-state index contributed by atoms with van der Waals surface area (Å²) in [7, 11) is 0. The molecule has 2 aromatic heterocycles. The molecule has 0 spiro atoms. The molecule has 0 atom stereocenters. The zero-order valence-electron chi connectivity index (χ0n) is 16.7. The van der Waals surface area contributed by atoms with Crippen molar-refractivity contribution in [3.8, 4) is 0 Å². The van der Waals surface area contributed by atoms with Gasteiger partial charge in [-0.1, -0.05) is 48.2 Å². The van der Waals surface area contributed by atoms with Crippen molar-refractivity contribution < 1.29 is 4.79 Å². The maximum Gasteiger partial charge on any atom is 0.237 e. The van der Waals surface area contributed by atoms with E-state index in [1.807, 2.05) is 67.3 Å². The molecule has 4 rings (SSSR count). The van der Waals surface area contributed by atoms with Gasteiger partial charge in [-0.05, 0) is 39.0 Å². The number of carbonyl (C=O) groups is 1. The Bertz CT molecular complexity index is 1160. The molecule has 1 amide bonds. The van der Waals surface area contributed by atoms with Crippen LogP contribution in [0.15, 0.2) is 59.8 Å². The fourth-order valence-corrected chi connectivity index (χ4v) is 4.23. The lowest BCUT2D eigenvalue weighted by Crippen LogP contribution is -2.38. The van der Waals surface area contributed by atoms with Crippen LogP contribution in [0.5, 0.6) is 0 Å². The van der Waals surface area contributed by atoms with Crippen LogP contribution in [0.3, 0.4) is 0 Å². The van der Waals surface area contributed by atoms with Gasteiger partial charge >= 0.3 is 0 Å². The number of aromatic nitrogens is 4. The summed E-state index contributed by atoms with van der Waals surface area (Å²) < 4.78 is 2.13. The Hall–Kier alpha value is -2.93. The van der Waals surface area contributed by atoms with Crippen LogP contribution in [-0.4, -0.2) is 37.5 Å². The fraction of sp³-hybridized carbons (Fsp3) is 0.273. The minimum Gasteiger partial charge on any atom is -0.324 e. The molecule has 4 aromatic rings. The van der Waals surface area contributed by atoms with Crippen molar-refractivity contribution in [1.29, 1.82) is 0 Å². The smallest absolute Gasteiger partial charge is 0.237 e. The molecule has 2 heterocycles. The van der Waals surface area contributed by atoms with E-state index in [-0.39, 0.29) is 17.7 Å². The SMILES string of the molecule is CCn1c2ccccc2c2nnc(SCC(=O)N(c3ccccc3)C(C)C)nc21. The predicted molar refractivity (Wildman–Crippen MR) is 118 cm³/mol. The number of hydrogen-bond acceptors (Lipinski definition) is 5. The van der Waals surface area contributed by atoms with Crippen molar-refractivity contribution in [2.24, 2.45) is 0 Å². The maximum absolute atomic E-state index is 12.9. The molecule has 0 aliphatic heterocycles. The molecular weight excluding hydrogens is 382 g/mol. The first-order valence-electron chi connectivity index (χ1n) is 9.71. The zero-order chi connectivity index (χ0) is 20.4. The van der Waals surface area contributed by atoms with Crippen molar-refractivity contribution in [1.82, 2.24) is 19.7 Å². The first-order chi connectivity index (χ1) is 14.1. The average molecular weight is 406 g/mol. The minimum atomic E-state index is 0.0240. The second-order valence-corrected chi connectivity index (χ2v) is 7.95. The molecule has 29 heavy (non-hydrogen) atoms. The van der Waals surface area contributed by atoms with Crippen LogP contribution in [-0.2, 0) is 11.3 Å². The molecular formula is C22H23N5OS. The number of hydrogen-bond donors (Lipinski definition) is 0. The van der Waals surface area contributed by atoms with E-state index in [1.165, 1.54) is 11.8 Å². The first-order valence-corrected chi connectivity index (χ1v) is 10.7. The van der Waals surface area contributed by atoms with E-state index >= 15 is 0 Å². The Morgan fingerprint density at radius 3 is 2.52 bits per heavy atom. The maximum atomic E-state index is 12.9. The Labute approximate surface area is 173 Å². The van der Waals surface area contributed by atoms with Gasteiger partial charge in [0.15, 0.2) is 5.65 Å². The number of aryl methyl sites for hydroxylation is 1. The second-order valence-electron chi connectivity index (χ2n) is 7.01. The summed E-state index contributed by atoms with van der Waals surface area (Å²) in [6, 6.07) is 17.9. The third-order valence-electron chi connectivity index (χ3n) is 4.81. The Balaban J connectivity index is 1.59. The number of anilines is 1. The molecule has 0 fully saturated rings. The zero-order valence-corrected chi connectivity index (χ0v) is 17.6. The largest absolute Gasteiger partial charge is 0.324 e. The molecule has 0 saturated heterocycles. The quantitative estimate of drug-likeness (QED) is 0.441. The lowest BCUT2D eigenvalue weighted by Gasteiger charge is -2.26. The summed E-state index contributed by atoms with van der Waals surface area (Å²) >= 11 is 1.32. The van der Waals surface area contributed by atoms with E-state index in [0.29, 0.717) is 5.16 Å². The molecule has 0 aliphatic rings. The molecule has 7 heteroatoms. The Kier molecular flexibility index (Phi) is 5.49. The molecule has 2 aromatic carbocycles. The van der Waals surface area contributed by atoms with E-state index in [2.05, 4.69) is 27.8 Å². The minimum absolute atomic E-state index is 0.0240.